The van der Waals surface area contributed by atoms with Crippen LogP contribution < -0.4 is 15.8 Å². The van der Waals surface area contributed by atoms with Crippen LogP contribution >= 0.6 is 0 Å². The van der Waals surface area contributed by atoms with E-state index in [1.165, 1.54) is 22.9 Å². The molecule has 0 bridgehead atoms. The van der Waals surface area contributed by atoms with E-state index in [0.29, 0.717) is 16.9 Å². The van der Waals surface area contributed by atoms with Crippen molar-refractivity contribution in [3.63, 3.8) is 0 Å². The van der Waals surface area contributed by atoms with Gasteiger partial charge in [0.25, 0.3) is 5.91 Å². The molecular formula is C17H17N3O3. The molecular weight excluding hydrogens is 294 g/mol. The lowest BCUT2D eigenvalue weighted by Gasteiger charge is -2.23. The van der Waals surface area contributed by atoms with E-state index < -0.39 is 0 Å². The van der Waals surface area contributed by atoms with Gasteiger partial charge in [-0.05, 0) is 18.2 Å². The number of benzene rings is 1. The number of rotatable bonds is 1. The first-order valence-electron chi connectivity index (χ1n) is 7.36. The molecule has 2 aromatic rings. The number of amides is 2. The summed E-state index contributed by atoms with van der Waals surface area (Å²) >= 11 is 0. The first-order chi connectivity index (χ1) is 11.0. The maximum atomic E-state index is 12.9. The molecule has 2 heterocycles. The Morgan fingerprint density at radius 3 is 2.65 bits per heavy atom. The van der Waals surface area contributed by atoms with E-state index in [0.717, 1.165) is 0 Å². The van der Waals surface area contributed by atoms with Crippen molar-refractivity contribution in [2.75, 3.05) is 16.8 Å². The summed E-state index contributed by atoms with van der Waals surface area (Å²) in [5, 5.41) is 2.84. The Morgan fingerprint density at radius 1 is 1.17 bits per heavy atom. The van der Waals surface area contributed by atoms with Gasteiger partial charge in [0.1, 0.15) is 0 Å². The number of carbonyl (C=O) groups excluding carboxylic acids is 2. The summed E-state index contributed by atoms with van der Waals surface area (Å²) in [5.74, 6) is -0.691. The molecule has 2 amide bonds. The largest absolute Gasteiger partial charge is 0.324 e. The first-order valence-corrected chi connectivity index (χ1v) is 7.36. The summed E-state index contributed by atoms with van der Waals surface area (Å²) in [5.41, 5.74) is 1.50. The molecule has 0 aliphatic carbocycles. The molecule has 23 heavy (non-hydrogen) atoms. The molecule has 6 nitrogen and oxygen atoms in total. The van der Waals surface area contributed by atoms with Gasteiger partial charge in [0.05, 0.1) is 22.9 Å². The van der Waals surface area contributed by atoms with Crippen LogP contribution in [0, 0.1) is 5.92 Å². The minimum Gasteiger partial charge on any atom is -0.324 e. The number of anilines is 2. The minimum absolute atomic E-state index is 0.117. The molecule has 3 rings (SSSR count). The van der Waals surface area contributed by atoms with Crippen LogP contribution in [0.1, 0.15) is 17.3 Å². The first kappa shape index (κ1) is 15.0. The van der Waals surface area contributed by atoms with E-state index in [1.807, 2.05) is 12.1 Å². The van der Waals surface area contributed by atoms with E-state index in [9.17, 15) is 14.4 Å². The van der Waals surface area contributed by atoms with Crippen molar-refractivity contribution in [2.45, 2.75) is 6.92 Å². The van der Waals surface area contributed by atoms with E-state index in [4.69, 9.17) is 0 Å². The third-order valence-corrected chi connectivity index (χ3v) is 3.93. The smallest absolute Gasteiger partial charge is 0.259 e. The van der Waals surface area contributed by atoms with Crippen LogP contribution in [0.2, 0.25) is 0 Å². The number of nitrogens with zero attached hydrogens (tertiary/aromatic N) is 2. The fourth-order valence-electron chi connectivity index (χ4n) is 2.59. The SMILES string of the molecule is C[C@@H]1CN(C(=O)c2ccc(=O)n(C)c2)c2ccccc2NC1=O. The van der Waals surface area contributed by atoms with Crippen LogP contribution in [-0.2, 0) is 11.8 Å². The molecule has 1 N–H and O–H groups in total. The standard InChI is InChI=1S/C17H17N3O3/c1-11-9-20(14-6-4-3-5-13(14)18-16(11)22)17(23)12-7-8-15(21)19(2)10-12/h3-8,10-11H,9H2,1-2H3,(H,18,22)/t11-/m1/s1. The predicted octanol–water partition coefficient (Wildman–Crippen LogP) is 1.62. The molecule has 118 valence electrons. The van der Waals surface area contributed by atoms with Crippen LogP contribution in [0.4, 0.5) is 11.4 Å². The van der Waals surface area contributed by atoms with Crippen LogP contribution in [0.5, 0.6) is 0 Å². The zero-order chi connectivity index (χ0) is 16.6. The van der Waals surface area contributed by atoms with Crippen molar-refractivity contribution in [2.24, 2.45) is 13.0 Å². The molecule has 0 unspecified atom stereocenters. The highest BCUT2D eigenvalue weighted by atomic mass is 16.2. The molecule has 1 atom stereocenters. The monoisotopic (exact) mass is 311 g/mol. The Balaban J connectivity index is 2.06. The van der Waals surface area contributed by atoms with Gasteiger partial charge in [0.2, 0.25) is 11.5 Å². The van der Waals surface area contributed by atoms with Crippen molar-refractivity contribution in [1.29, 1.82) is 0 Å². The number of aryl methyl sites for hydroxylation is 1. The number of hydrogen-bond acceptors (Lipinski definition) is 3. The van der Waals surface area contributed by atoms with Crippen molar-refractivity contribution in [1.82, 2.24) is 4.57 Å². The summed E-state index contributed by atoms with van der Waals surface area (Å²) in [6.45, 7) is 2.06. The summed E-state index contributed by atoms with van der Waals surface area (Å²) in [6, 6.07) is 10.1. The highest BCUT2D eigenvalue weighted by Gasteiger charge is 2.29. The summed E-state index contributed by atoms with van der Waals surface area (Å²) in [6.07, 6.45) is 1.51. The van der Waals surface area contributed by atoms with Gasteiger partial charge in [-0.15, -0.1) is 0 Å². The van der Waals surface area contributed by atoms with E-state index in [1.54, 1.807) is 31.0 Å². The Bertz CT molecular complexity index is 841. The Kier molecular flexibility index (Phi) is 3.73. The maximum absolute atomic E-state index is 12.9. The quantitative estimate of drug-likeness (QED) is 0.870. The zero-order valence-electron chi connectivity index (χ0n) is 12.9. The molecule has 1 aromatic heterocycles. The third kappa shape index (κ3) is 2.75. The van der Waals surface area contributed by atoms with Gasteiger partial charge in [-0.25, -0.2) is 0 Å². The van der Waals surface area contributed by atoms with Gasteiger partial charge in [0.15, 0.2) is 0 Å². The van der Waals surface area contributed by atoms with Crippen molar-refractivity contribution < 1.29 is 9.59 Å². The van der Waals surface area contributed by atoms with E-state index >= 15 is 0 Å². The summed E-state index contributed by atoms with van der Waals surface area (Å²) in [7, 11) is 1.60. The predicted molar refractivity (Wildman–Crippen MR) is 87.6 cm³/mol. The Hall–Kier alpha value is -2.89. The lowest BCUT2D eigenvalue weighted by Crippen LogP contribution is -2.36. The normalized spacial score (nSPS) is 17.2. The number of aromatic nitrogens is 1. The topological polar surface area (TPSA) is 71.4 Å². The Labute approximate surface area is 133 Å². The van der Waals surface area contributed by atoms with Gasteiger partial charge in [-0.2, -0.15) is 0 Å². The van der Waals surface area contributed by atoms with Crippen molar-refractivity contribution >= 4 is 23.2 Å². The number of para-hydroxylation sites is 2. The minimum atomic E-state index is -0.334. The van der Waals surface area contributed by atoms with Crippen molar-refractivity contribution in [3.05, 3.63) is 58.5 Å². The number of hydrogen-bond donors (Lipinski definition) is 1. The molecule has 0 saturated carbocycles. The average molecular weight is 311 g/mol. The summed E-state index contributed by atoms with van der Waals surface area (Å²) < 4.78 is 1.36. The molecule has 1 aromatic carbocycles. The number of fused-ring (bicyclic) bond motifs is 1. The maximum Gasteiger partial charge on any atom is 0.259 e. The second-order valence-corrected chi connectivity index (χ2v) is 5.69. The molecule has 6 heteroatoms. The number of nitrogens with one attached hydrogen (secondary N) is 1. The number of pyridine rings is 1. The third-order valence-electron chi connectivity index (χ3n) is 3.93. The van der Waals surface area contributed by atoms with Gasteiger partial charge in [0, 0.05) is 25.9 Å². The van der Waals surface area contributed by atoms with E-state index in [-0.39, 0.29) is 29.8 Å². The van der Waals surface area contributed by atoms with Crippen LogP contribution in [0.25, 0.3) is 0 Å². The average Bonchev–Trinajstić information content (AvgIpc) is 2.66. The molecule has 1 aliphatic heterocycles. The molecule has 0 radical (unpaired) electrons. The van der Waals surface area contributed by atoms with Gasteiger partial charge in [-0.3, -0.25) is 14.4 Å². The molecule has 0 fully saturated rings. The second-order valence-electron chi connectivity index (χ2n) is 5.69. The highest BCUT2D eigenvalue weighted by molar-refractivity contribution is 6.10. The van der Waals surface area contributed by atoms with Crippen LogP contribution in [0.15, 0.2) is 47.4 Å². The van der Waals surface area contributed by atoms with Crippen LogP contribution in [0.3, 0.4) is 0 Å². The van der Waals surface area contributed by atoms with Gasteiger partial charge < -0.3 is 14.8 Å². The number of carbonyl (C=O) groups is 2. The van der Waals surface area contributed by atoms with E-state index in [2.05, 4.69) is 5.32 Å². The molecule has 1 aliphatic rings. The zero-order valence-corrected chi connectivity index (χ0v) is 12.9. The molecule has 0 saturated heterocycles. The fourth-order valence-corrected chi connectivity index (χ4v) is 2.59. The lowest BCUT2D eigenvalue weighted by atomic mass is 10.1. The molecule has 0 spiro atoms. The van der Waals surface area contributed by atoms with Gasteiger partial charge >= 0.3 is 0 Å². The fraction of sp³-hybridized carbons (Fsp3) is 0.235. The van der Waals surface area contributed by atoms with Crippen LogP contribution in [-0.4, -0.2) is 22.9 Å². The lowest BCUT2D eigenvalue weighted by molar-refractivity contribution is -0.119. The highest BCUT2D eigenvalue weighted by Crippen LogP contribution is 2.30. The van der Waals surface area contributed by atoms with Gasteiger partial charge in [-0.1, -0.05) is 19.1 Å². The Morgan fingerprint density at radius 2 is 1.91 bits per heavy atom. The second kappa shape index (κ2) is 5.72. The summed E-state index contributed by atoms with van der Waals surface area (Å²) in [4.78, 5) is 38.1. The van der Waals surface area contributed by atoms with Crippen molar-refractivity contribution in [3.8, 4) is 0 Å².